The fraction of sp³-hybridized carbons (Fsp3) is 0.844. The van der Waals surface area contributed by atoms with E-state index in [1.54, 1.807) is 0 Å². The number of quaternary nitrogens is 1. The Kier molecular flexibility index (Phi) is 21.8. The van der Waals surface area contributed by atoms with Crippen molar-refractivity contribution in [2.24, 2.45) is 0 Å². The van der Waals surface area contributed by atoms with Crippen molar-refractivity contribution in [2.75, 3.05) is 6.54 Å². The average Bonchev–Trinajstić information content (AvgIpc) is 2.89. The van der Waals surface area contributed by atoms with Crippen LogP contribution >= 0.6 is 0 Å². The van der Waals surface area contributed by atoms with Gasteiger partial charge in [0.05, 0.1) is 6.54 Å². The van der Waals surface area contributed by atoms with E-state index in [4.69, 9.17) is 0 Å². The molecular weight excluding hydrogens is 494 g/mol. The Morgan fingerprint density at radius 1 is 0.513 bits per heavy atom. The quantitative estimate of drug-likeness (QED) is 0.0536. The van der Waals surface area contributed by atoms with Crippen LogP contribution in [-0.2, 0) is 14.4 Å². The summed E-state index contributed by atoms with van der Waals surface area (Å²) in [5, 5.41) is 30.8. The van der Waals surface area contributed by atoms with Gasteiger partial charge in [0.2, 0.25) is 0 Å². The van der Waals surface area contributed by atoms with Crippen molar-refractivity contribution < 1.29 is 34.2 Å². The van der Waals surface area contributed by atoms with Gasteiger partial charge in [-0.3, -0.25) is 4.48 Å². The monoisotopic (exact) mass is 554 g/mol. The predicted octanol–water partition coefficient (Wildman–Crippen LogP) is 8.21. The highest BCUT2D eigenvalue weighted by molar-refractivity contribution is 5.78. The molecule has 0 radical (unpaired) electrons. The maximum absolute atomic E-state index is 12.6. The first-order valence-corrected chi connectivity index (χ1v) is 15.9. The number of hydrogen-bond acceptors (Lipinski definition) is 3. The number of carbonyl (C=O) groups is 3. The van der Waals surface area contributed by atoms with Crippen LogP contribution in [0.5, 0.6) is 0 Å². The van der Waals surface area contributed by atoms with E-state index in [1.165, 1.54) is 44.9 Å². The van der Waals surface area contributed by atoms with E-state index in [9.17, 15) is 29.7 Å². The van der Waals surface area contributed by atoms with E-state index in [-0.39, 0.29) is 30.3 Å². The Bertz CT molecular complexity index is 632. The smallest absolute Gasteiger partial charge is 0.362 e. The third-order valence-corrected chi connectivity index (χ3v) is 8.09. The minimum atomic E-state index is -1.09. The lowest BCUT2D eigenvalue weighted by Gasteiger charge is -2.50. The maximum Gasteiger partial charge on any atom is 0.362 e. The Hall–Kier alpha value is -1.89. The second-order valence-electron chi connectivity index (χ2n) is 11.2. The van der Waals surface area contributed by atoms with E-state index >= 15 is 0 Å². The first-order valence-electron chi connectivity index (χ1n) is 15.9. The number of unbranched alkanes of at least 4 members (excludes halogenated alkanes) is 11. The van der Waals surface area contributed by atoms with Crippen LogP contribution in [-0.4, -0.2) is 62.4 Å². The molecule has 0 aliphatic heterocycles. The van der Waals surface area contributed by atoms with Gasteiger partial charge in [-0.2, -0.15) is 0 Å². The molecule has 3 N–H and O–H groups in total. The van der Waals surface area contributed by atoms with E-state index in [0.29, 0.717) is 25.7 Å². The first-order chi connectivity index (χ1) is 18.7. The molecule has 0 aliphatic rings. The van der Waals surface area contributed by atoms with Crippen molar-refractivity contribution in [1.29, 1.82) is 0 Å². The number of carboxylic acids is 3. The van der Waals surface area contributed by atoms with Gasteiger partial charge >= 0.3 is 17.9 Å². The fourth-order valence-electron chi connectivity index (χ4n) is 6.10. The fourth-order valence-corrected chi connectivity index (χ4v) is 6.10. The SMILES string of the molecule is CCCCCC/C=C/CCCCCCCCC[N+](C(CCC)C(=O)O)(C(CCC)C(=O)O)C(CCC)C(=O)O. The molecule has 0 fully saturated rings. The van der Waals surface area contributed by atoms with Crippen LogP contribution < -0.4 is 0 Å². The van der Waals surface area contributed by atoms with Gasteiger partial charge in [-0.25, -0.2) is 14.4 Å². The number of hydrogen-bond donors (Lipinski definition) is 3. The molecule has 0 heterocycles. The van der Waals surface area contributed by atoms with Gasteiger partial charge in [0.15, 0.2) is 18.1 Å². The molecule has 0 aromatic rings. The molecule has 39 heavy (non-hydrogen) atoms. The van der Waals surface area contributed by atoms with E-state index in [0.717, 1.165) is 32.1 Å². The van der Waals surface area contributed by atoms with Crippen LogP contribution in [0, 0.1) is 0 Å². The summed E-state index contributed by atoms with van der Waals surface area (Å²) in [6, 6.07) is -3.14. The zero-order chi connectivity index (χ0) is 29.5. The second kappa shape index (κ2) is 22.9. The molecule has 0 saturated heterocycles. The number of nitrogens with zero attached hydrogens (tertiary/aromatic N) is 1. The molecule has 0 amide bonds. The normalized spacial score (nSPS) is 15.6. The van der Waals surface area contributed by atoms with Crippen molar-refractivity contribution in [1.82, 2.24) is 0 Å². The van der Waals surface area contributed by atoms with Gasteiger partial charge in [-0.15, -0.1) is 0 Å². The van der Waals surface area contributed by atoms with E-state index in [1.807, 2.05) is 20.8 Å². The lowest BCUT2D eigenvalue weighted by molar-refractivity contribution is -0.973. The molecule has 228 valence electrons. The summed E-state index contributed by atoms with van der Waals surface area (Å²) in [6.07, 6.45) is 21.7. The van der Waals surface area contributed by atoms with Gasteiger partial charge in [-0.1, -0.05) is 84.8 Å². The maximum atomic E-state index is 12.6. The van der Waals surface area contributed by atoms with Crippen LogP contribution in [0.4, 0.5) is 0 Å². The molecule has 3 atom stereocenters. The molecule has 0 aliphatic carbocycles. The minimum absolute atomic E-state index is 0.267. The summed E-state index contributed by atoms with van der Waals surface area (Å²) in [5.41, 5.74) is 0. The van der Waals surface area contributed by atoms with Gasteiger partial charge < -0.3 is 15.3 Å². The Labute approximate surface area is 238 Å². The third-order valence-electron chi connectivity index (χ3n) is 8.09. The number of aliphatic carboxylic acids is 3. The lowest BCUT2D eigenvalue weighted by atomic mass is 9.91. The molecule has 0 aromatic heterocycles. The minimum Gasteiger partial charge on any atom is -0.477 e. The number of carboxylic acid groups (broad SMARTS) is 3. The highest BCUT2D eigenvalue weighted by Gasteiger charge is 2.56. The molecule has 7 nitrogen and oxygen atoms in total. The summed E-state index contributed by atoms with van der Waals surface area (Å²) >= 11 is 0. The van der Waals surface area contributed by atoms with Crippen molar-refractivity contribution in [3.05, 3.63) is 12.2 Å². The highest BCUT2D eigenvalue weighted by atomic mass is 16.4. The molecule has 0 spiro atoms. The number of rotatable bonds is 27. The average molecular weight is 555 g/mol. The summed E-state index contributed by atoms with van der Waals surface area (Å²) in [5.74, 6) is -3.26. The zero-order valence-electron chi connectivity index (χ0n) is 25.5. The summed E-state index contributed by atoms with van der Waals surface area (Å²) < 4.78 is -0.375. The molecule has 0 rings (SSSR count). The Morgan fingerprint density at radius 3 is 1.18 bits per heavy atom. The van der Waals surface area contributed by atoms with Crippen molar-refractivity contribution in [3.8, 4) is 0 Å². The van der Waals surface area contributed by atoms with Crippen LogP contribution in [0.15, 0.2) is 12.2 Å². The standard InChI is InChI=1S/C32H59NO6/c1-5-9-10-11-12-13-14-15-16-17-18-19-20-21-22-26-33(27(23-6-2)30(34)35,28(24-7-3)31(36)37)29(25-8-4)32(38)39/h13-14,27-29H,5-12,15-26H2,1-4H3,(H2-,34,35,36,37,38,39)/p+1/b14-13+. The zero-order valence-corrected chi connectivity index (χ0v) is 25.5. The first kappa shape index (κ1) is 37.1. The summed E-state index contributed by atoms with van der Waals surface area (Å²) in [4.78, 5) is 37.7. The van der Waals surface area contributed by atoms with Crippen molar-refractivity contribution >= 4 is 17.9 Å². The molecule has 0 saturated carbocycles. The number of allylic oxidation sites excluding steroid dienone is 2. The Morgan fingerprint density at radius 2 is 0.846 bits per heavy atom. The van der Waals surface area contributed by atoms with Crippen LogP contribution in [0.2, 0.25) is 0 Å². The van der Waals surface area contributed by atoms with E-state index in [2.05, 4.69) is 19.1 Å². The molecule has 0 aromatic carbocycles. The van der Waals surface area contributed by atoms with Crippen LogP contribution in [0.25, 0.3) is 0 Å². The van der Waals surface area contributed by atoms with Crippen molar-refractivity contribution in [3.63, 3.8) is 0 Å². The van der Waals surface area contributed by atoms with Gasteiger partial charge in [0.1, 0.15) is 0 Å². The topological polar surface area (TPSA) is 112 Å². The molecule has 7 heteroatoms. The third kappa shape index (κ3) is 13.8. The molecule has 3 unspecified atom stereocenters. The highest BCUT2D eigenvalue weighted by Crippen LogP contribution is 2.34. The summed E-state index contributed by atoms with van der Waals surface area (Å²) in [6.45, 7) is 8.13. The van der Waals surface area contributed by atoms with Gasteiger partial charge in [0, 0.05) is 19.3 Å². The predicted molar refractivity (Wildman–Crippen MR) is 159 cm³/mol. The Balaban J connectivity index is 5.24. The van der Waals surface area contributed by atoms with Gasteiger partial charge in [-0.05, 0) is 57.8 Å². The molecule has 0 bridgehead atoms. The van der Waals surface area contributed by atoms with E-state index < -0.39 is 36.0 Å². The summed E-state index contributed by atoms with van der Waals surface area (Å²) in [7, 11) is 0. The van der Waals surface area contributed by atoms with Crippen LogP contribution in [0.3, 0.4) is 0 Å². The molecular formula is C32H60NO6+. The van der Waals surface area contributed by atoms with Gasteiger partial charge in [0.25, 0.3) is 0 Å². The second-order valence-corrected chi connectivity index (χ2v) is 11.2. The van der Waals surface area contributed by atoms with Crippen molar-refractivity contribution in [2.45, 2.75) is 168 Å². The largest absolute Gasteiger partial charge is 0.477 e. The van der Waals surface area contributed by atoms with Crippen LogP contribution in [0.1, 0.15) is 150 Å². The lowest BCUT2D eigenvalue weighted by Crippen LogP contribution is -2.72.